The van der Waals surface area contributed by atoms with E-state index in [1.807, 2.05) is 12.1 Å². The van der Waals surface area contributed by atoms with Crippen LogP contribution in [0, 0.1) is 17.3 Å². The van der Waals surface area contributed by atoms with Crippen LogP contribution in [-0.4, -0.2) is 27.0 Å². The van der Waals surface area contributed by atoms with Crippen molar-refractivity contribution in [3.8, 4) is 11.3 Å². The van der Waals surface area contributed by atoms with Gasteiger partial charge in [0, 0.05) is 5.69 Å². The predicted octanol–water partition coefficient (Wildman–Crippen LogP) is 2.37. The van der Waals surface area contributed by atoms with Crippen molar-refractivity contribution in [3.05, 3.63) is 36.8 Å². The van der Waals surface area contributed by atoms with E-state index in [2.05, 4.69) is 15.3 Å². The summed E-state index contributed by atoms with van der Waals surface area (Å²) in [6.45, 7) is 3.61. The number of carbonyl (C=O) groups is 2. The Bertz CT molecular complexity index is 705. The summed E-state index contributed by atoms with van der Waals surface area (Å²) in [5, 5.41) is 11.9. The average Bonchev–Trinajstić information content (AvgIpc) is 2.84. The molecule has 0 bridgehead atoms. The van der Waals surface area contributed by atoms with Gasteiger partial charge in [0.15, 0.2) is 0 Å². The minimum Gasteiger partial charge on any atom is -0.481 e. The van der Waals surface area contributed by atoms with Crippen molar-refractivity contribution in [2.75, 3.05) is 5.32 Å². The van der Waals surface area contributed by atoms with Crippen LogP contribution in [0.1, 0.15) is 13.8 Å². The zero-order valence-corrected chi connectivity index (χ0v) is 12.3. The maximum Gasteiger partial charge on any atom is 0.307 e. The Morgan fingerprint density at radius 1 is 1.23 bits per heavy atom. The van der Waals surface area contributed by atoms with E-state index < -0.39 is 23.2 Å². The summed E-state index contributed by atoms with van der Waals surface area (Å²) in [6.07, 6.45) is 3.32. The number of amides is 1. The number of rotatable bonds is 4. The Kier molecular flexibility index (Phi) is 3.24. The van der Waals surface area contributed by atoms with Gasteiger partial charge < -0.3 is 15.4 Å². The molecule has 3 N–H and O–H groups in total. The van der Waals surface area contributed by atoms with Crippen LogP contribution in [-0.2, 0) is 9.59 Å². The van der Waals surface area contributed by atoms with Gasteiger partial charge in [0.05, 0.1) is 30.1 Å². The second-order valence-electron chi connectivity index (χ2n) is 6.15. The second-order valence-corrected chi connectivity index (χ2v) is 6.15. The largest absolute Gasteiger partial charge is 0.481 e. The lowest BCUT2D eigenvalue weighted by atomic mass is 10.1. The molecule has 3 rings (SSSR count). The van der Waals surface area contributed by atoms with Crippen molar-refractivity contribution in [1.29, 1.82) is 0 Å². The van der Waals surface area contributed by atoms with E-state index in [0.29, 0.717) is 5.69 Å². The Morgan fingerprint density at radius 2 is 1.91 bits per heavy atom. The molecule has 1 heterocycles. The zero-order valence-electron chi connectivity index (χ0n) is 12.3. The van der Waals surface area contributed by atoms with Crippen LogP contribution >= 0.6 is 0 Å². The molecule has 0 aliphatic heterocycles. The SMILES string of the molecule is CC1(C)[C@H](C(=O)Nc2ccc(-c3cnc[nH]3)cc2)[C@@H]1C(=O)O. The number of hydrogen-bond donors (Lipinski definition) is 3. The fourth-order valence-electron chi connectivity index (χ4n) is 2.95. The van der Waals surface area contributed by atoms with Crippen molar-refractivity contribution in [1.82, 2.24) is 9.97 Å². The van der Waals surface area contributed by atoms with E-state index in [4.69, 9.17) is 5.11 Å². The van der Waals surface area contributed by atoms with Crippen LogP contribution < -0.4 is 5.32 Å². The number of nitrogens with zero attached hydrogens (tertiary/aromatic N) is 1. The third kappa shape index (κ3) is 2.36. The molecular weight excluding hydrogens is 282 g/mol. The monoisotopic (exact) mass is 299 g/mol. The van der Waals surface area contributed by atoms with Crippen molar-refractivity contribution in [2.24, 2.45) is 17.3 Å². The van der Waals surface area contributed by atoms with Crippen molar-refractivity contribution >= 4 is 17.6 Å². The summed E-state index contributed by atoms with van der Waals surface area (Å²) < 4.78 is 0. The van der Waals surface area contributed by atoms with E-state index in [0.717, 1.165) is 11.3 Å². The molecule has 6 heteroatoms. The fourth-order valence-corrected chi connectivity index (χ4v) is 2.95. The molecule has 1 fully saturated rings. The van der Waals surface area contributed by atoms with Crippen LogP contribution in [0.3, 0.4) is 0 Å². The number of imidazole rings is 1. The number of hydrogen-bond acceptors (Lipinski definition) is 3. The first-order valence-corrected chi connectivity index (χ1v) is 7.04. The van der Waals surface area contributed by atoms with Gasteiger partial charge in [-0.2, -0.15) is 0 Å². The molecule has 2 atom stereocenters. The van der Waals surface area contributed by atoms with Gasteiger partial charge in [-0.05, 0) is 23.1 Å². The van der Waals surface area contributed by atoms with Gasteiger partial charge >= 0.3 is 5.97 Å². The number of carbonyl (C=O) groups excluding carboxylic acids is 1. The number of carboxylic acids is 1. The lowest BCUT2D eigenvalue weighted by Crippen LogP contribution is -2.17. The molecular formula is C16H17N3O3. The summed E-state index contributed by atoms with van der Waals surface area (Å²) >= 11 is 0. The number of carboxylic acid groups (broad SMARTS) is 1. The maximum atomic E-state index is 12.2. The normalized spacial score (nSPS) is 22.1. The molecule has 2 aromatic rings. The first-order valence-electron chi connectivity index (χ1n) is 7.04. The molecule has 0 unspecified atom stereocenters. The average molecular weight is 299 g/mol. The number of aromatic amines is 1. The quantitative estimate of drug-likeness (QED) is 0.807. The zero-order chi connectivity index (χ0) is 15.9. The van der Waals surface area contributed by atoms with Gasteiger partial charge in [0.25, 0.3) is 0 Å². The summed E-state index contributed by atoms with van der Waals surface area (Å²) in [6, 6.07) is 7.32. The standard InChI is InChI=1S/C16H17N3O3/c1-16(2)12(13(16)15(21)22)14(20)19-10-5-3-9(4-6-10)11-7-17-8-18-11/h3-8,12-13H,1-2H3,(H,17,18)(H,19,20)(H,21,22)/t12-,13+/m0/s1. The molecule has 1 aromatic heterocycles. The van der Waals surface area contributed by atoms with Crippen LogP contribution in [0.2, 0.25) is 0 Å². The van der Waals surface area contributed by atoms with E-state index in [-0.39, 0.29) is 5.91 Å². The highest BCUT2D eigenvalue weighted by Gasteiger charge is 2.65. The van der Waals surface area contributed by atoms with Crippen molar-refractivity contribution in [3.63, 3.8) is 0 Å². The van der Waals surface area contributed by atoms with E-state index >= 15 is 0 Å². The number of anilines is 1. The Labute approximate surface area is 127 Å². The van der Waals surface area contributed by atoms with Crippen LogP contribution in [0.4, 0.5) is 5.69 Å². The van der Waals surface area contributed by atoms with Gasteiger partial charge in [-0.25, -0.2) is 4.98 Å². The van der Waals surface area contributed by atoms with Gasteiger partial charge in [-0.15, -0.1) is 0 Å². The smallest absolute Gasteiger partial charge is 0.307 e. The number of aliphatic carboxylic acids is 1. The molecule has 1 amide bonds. The highest BCUT2D eigenvalue weighted by atomic mass is 16.4. The molecule has 0 spiro atoms. The first-order chi connectivity index (χ1) is 10.4. The number of benzene rings is 1. The number of nitrogens with one attached hydrogen (secondary N) is 2. The minimum absolute atomic E-state index is 0.244. The van der Waals surface area contributed by atoms with Gasteiger partial charge in [-0.3, -0.25) is 9.59 Å². The topological polar surface area (TPSA) is 95.1 Å². The molecule has 6 nitrogen and oxygen atoms in total. The van der Waals surface area contributed by atoms with Crippen LogP contribution in [0.5, 0.6) is 0 Å². The Morgan fingerprint density at radius 3 is 2.41 bits per heavy atom. The Balaban J connectivity index is 1.69. The Hall–Kier alpha value is -2.63. The van der Waals surface area contributed by atoms with Crippen molar-refractivity contribution in [2.45, 2.75) is 13.8 Å². The number of H-pyrrole nitrogens is 1. The molecule has 0 saturated heterocycles. The molecule has 114 valence electrons. The number of aromatic nitrogens is 2. The lowest BCUT2D eigenvalue weighted by molar-refractivity contribution is -0.140. The molecule has 0 radical (unpaired) electrons. The maximum absolute atomic E-state index is 12.2. The van der Waals surface area contributed by atoms with E-state index in [9.17, 15) is 9.59 Å². The lowest BCUT2D eigenvalue weighted by Gasteiger charge is -2.07. The summed E-state index contributed by atoms with van der Waals surface area (Å²) in [5.74, 6) is -2.26. The molecule has 22 heavy (non-hydrogen) atoms. The van der Waals surface area contributed by atoms with Gasteiger partial charge in [-0.1, -0.05) is 26.0 Å². The fraction of sp³-hybridized carbons (Fsp3) is 0.312. The third-order valence-corrected chi connectivity index (χ3v) is 4.34. The highest BCUT2D eigenvalue weighted by molar-refractivity contribution is 5.99. The second kappa shape index (κ2) is 4.98. The van der Waals surface area contributed by atoms with E-state index in [1.165, 1.54) is 0 Å². The third-order valence-electron chi connectivity index (χ3n) is 4.34. The predicted molar refractivity (Wildman–Crippen MR) is 81.1 cm³/mol. The summed E-state index contributed by atoms with van der Waals surface area (Å²) in [7, 11) is 0. The van der Waals surface area contributed by atoms with E-state index in [1.54, 1.807) is 38.5 Å². The van der Waals surface area contributed by atoms with Gasteiger partial charge in [0.2, 0.25) is 5.91 Å². The van der Waals surface area contributed by atoms with Crippen LogP contribution in [0.25, 0.3) is 11.3 Å². The summed E-state index contributed by atoms with van der Waals surface area (Å²) in [4.78, 5) is 30.3. The highest BCUT2D eigenvalue weighted by Crippen LogP contribution is 2.58. The summed E-state index contributed by atoms with van der Waals surface area (Å²) in [5.41, 5.74) is 2.02. The molecule has 1 aromatic carbocycles. The molecule has 1 aliphatic rings. The van der Waals surface area contributed by atoms with Crippen LogP contribution in [0.15, 0.2) is 36.8 Å². The van der Waals surface area contributed by atoms with Crippen molar-refractivity contribution < 1.29 is 14.7 Å². The molecule has 1 aliphatic carbocycles. The first kappa shape index (κ1) is 14.3. The molecule has 1 saturated carbocycles. The minimum atomic E-state index is -0.917. The van der Waals surface area contributed by atoms with Gasteiger partial charge in [0.1, 0.15) is 0 Å².